The Balaban J connectivity index is 1.29. The summed E-state index contributed by atoms with van der Waals surface area (Å²) in [7, 11) is 0. The molecule has 2 aromatic carbocycles. The van der Waals surface area contributed by atoms with Gasteiger partial charge in [0.05, 0.1) is 29.8 Å². The molecule has 0 spiro atoms. The number of non-ortho nitro benzene ring substituents is 1. The minimum atomic E-state index is -1.52. The number of aromatic nitrogens is 2. The van der Waals surface area contributed by atoms with Crippen LogP contribution in [-0.4, -0.2) is 84.8 Å². The van der Waals surface area contributed by atoms with E-state index in [-0.39, 0.29) is 25.6 Å². The van der Waals surface area contributed by atoms with Crippen molar-refractivity contribution < 1.29 is 44.4 Å². The minimum Gasteiger partial charge on any atom is -0.504 e. The molecular formula is C25H25N5O11. The number of hydrogen-bond acceptors (Lipinski definition) is 12. The number of benzene rings is 2. The van der Waals surface area contributed by atoms with Gasteiger partial charge in [0.1, 0.15) is 30.5 Å². The molecule has 16 nitrogen and oxygen atoms in total. The van der Waals surface area contributed by atoms with Crippen molar-refractivity contribution in [3.05, 3.63) is 86.5 Å². The standard InChI is InChI=1S/C25H25N5O11/c31-16-9-14(30(38)39)8-15(20(16)33)24(37)26-6-7-40-11-17-21(34)22(35)25(41-17)29-12-27-18(10-19(29)32)28-23(36)13-4-2-1-3-5-13/h1-5,8-10,12,17,21-22,25,31,33-35H,6-7,11H2,(H,26,37)(H,28,36)/t17-,21-,22-,25-/m1/s1. The summed E-state index contributed by atoms with van der Waals surface area (Å²) in [6.45, 7) is -0.505. The number of carbonyl (C=O) groups is 2. The van der Waals surface area contributed by atoms with Gasteiger partial charge < -0.3 is 40.5 Å². The zero-order valence-electron chi connectivity index (χ0n) is 21.1. The molecule has 0 saturated carbocycles. The van der Waals surface area contributed by atoms with Gasteiger partial charge in [0.25, 0.3) is 23.1 Å². The predicted molar refractivity (Wildman–Crippen MR) is 138 cm³/mol. The number of aliphatic hydroxyl groups is 2. The number of nitrogens with zero attached hydrogens (tertiary/aromatic N) is 3. The number of ether oxygens (including phenoxy) is 2. The summed E-state index contributed by atoms with van der Waals surface area (Å²) in [6.07, 6.45) is -4.26. The normalized spacial score (nSPS) is 20.0. The summed E-state index contributed by atoms with van der Waals surface area (Å²) in [4.78, 5) is 51.3. The van der Waals surface area contributed by atoms with Gasteiger partial charge in [-0.15, -0.1) is 0 Å². The van der Waals surface area contributed by atoms with Crippen LogP contribution in [0, 0.1) is 10.1 Å². The van der Waals surface area contributed by atoms with Crippen LogP contribution in [0.2, 0.25) is 0 Å². The average Bonchev–Trinajstić information content (AvgIpc) is 3.23. The molecule has 4 atom stereocenters. The zero-order valence-corrected chi connectivity index (χ0v) is 21.1. The third-order valence-electron chi connectivity index (χ3n) is 6.07. The van der Waals surface area contributed by atoms with E-state index < -0.39 is 69.6 Å². The predicted octanol–water partition coefficient (Wildman–Crippen LogP) is -0.119. The molecule has 4 rings (SSSR count). The summed E-state index contributed by atoms with van der Waals surface area (Å²) in [5.41, 5.74) is -1.41. The highest BCUT2D eigenvalue weighted by molar-refractivity contribution is 6.03. The number of carbonyl (C=O) groups excluding carboxylic acids is 2. The first-order chi connectivity index (χ1) is 19.6. The fourth-order valence-corrected chi connectivity index (χ4v) is 3.96. The number of nitro groups is 1. The molecule has 16 heteroatoms. The van der Waals surface area contributed by atoms with E-state index in [1.807, 2.05) is 0 Å². The lowest BCUT2D eigenvalue weighted by atomic mass is 10.1. The number of phenols is 2. The lowest BCUT2D eigenvalue weighted by Crippen LogP contribution is -2.36. The Labute approximate surface area is 230 Å². The molecule has 1 aliphatic heterocycles. The Morgan fingerprint density at radius 1 is 1.10 bits per heavy atom. The maximum atomic E-state index is 12.6. The summed E-state index contributed by atoms with van der Waals surface area (Å²) in [6, 6.07) is 10.8. The van der Waals surface area contributed by atoms with Gasteiger partial charge in [0.15, 0.2) is 17.7 Å². The van der Waals surface area contributed by atoms with Crippen molar-refractivity contribution in [2.75, 3.05) is 25.1 Å². The molecular weight excluding hydrogens is 546 g/mol. The Morgan fingerprint density at radius 3 is 2.51 bits per heavy atom. The first-order valence-corrected chi connectivity index (χ1v) is 12.1. The molecule has 216 valence electrons. The van der Waals surface area contributed by atoms with E-state index in [0.717, 1.165) is 23.0 Å². The highest BCUT2D eigenvalue weighted by Crippen LogP contribution is 2.33. The highest BCUT2D eigenvalue weighted by Gasteiger charge is 2.44. The van der Waals surface area contributed by atoms with Crippen LogP contribution >= 0.6 is 0 Å². The van der Waals surface area contributed by atoms with Gasteiger partial charge in [-0.2, -0.15) is 0 Å². The van der Waals surface area contributed by atoms with Crippen LogP contribution in [0.5, 0.6) is 11.5 Å². The zero-order chi connectivity index (χ0) is 29.7. The average molecular weight is 571 g/mol. The molecule has 0 unspecified atom stereocenters. The fourth-order valence-electron chi connectivity index (χ4n) is 3.96. The number of aromatic hydroxyl groups is 2. The molecule has 1 fully saturated rings. The number of rotatable bonds is 10. The van der Waals surface area contributed by atoms with Crippen molar-refractivity contribution in [1.82, 2.24) is 14.9 Å². The molecule has 1 aliphatic rings. The maximum absolute atomic E-state index is 12.6. The summed E-state index contributed by atoms with van der Waals surface area (Å²) < 4.78 is 11.9. The lowest BCUT2D eigenvalue weighted by molar-refractivity contribution is -0.385. The van der Waals surface area contributed by atoms with Gasteiger partial charge in [-0.3, -0.25) is 29.1 Å². The van der Waals surface area contributed by atoms with E-state index >= 15 is 0 Å². The van der Waals surface area contributed by atoms with Gasteiger partial charge in [0, 0.05) is 24.2 Å². The van der Waals surface area contributed by atoms with Gasteiger partial charge in [-0.05, 0) is 12.1 Å². The van der Waals surface area contributed by atoms with Crippen LogP contribution < -0.4 is 16.2 Å². The third kappa shape index (κ3) is 6.64. The third-order valence-corrected chi connectivity index (χ3v) is 6.07. The first-order valence-electron chi connectivity index (χ1n) is 12.1. The van der Waals surface area contributed by atoms with Gasteiger partial charge in [-0.1, -0.05) is 18.2 Å². The second-order valence-electron chi connectivity index (χ2n) is 8.84. The number of nitro benzene ring substituents is 1. The summed E-state index contributed by atoms with van der Waals surface area (Å²) in [5.74, 6) is -3.07. The lowest BCUT2D eigenvalue weighted by Gasteiger charge is -2.17. The van der Waals surface area contributed by atoms with Crippen molar-refractivity contribution in [1.29, 1.82) is 0 Å². The molecule has 6 N–H and O–H groups in total. The van der Waals surface area contributed by atoms with Gasteiger partial charge >= 0.3 is 0 Å². The molecule has 0 aliphatic carbocycles. The molecule has 0 bridgehead atoms. The van der Waals surface area contributed by atoms with E-state index in [1.54, 1.807) is 30.3 Å². The number of aliphatic hydroxyl groups excluding tert-OH is 2. The quantitative estimate of drug-likeness (QED) is 0.0809. The molecule has 41 heavy (non-hydrogen) atoms. The molecule has 2 amide bonds. The van der Waals surface area contributed by atoms with Crippen molar-refractivity contribution in [3.63, 3.8) is 0 Å². The number of phenolic OH excluding ortho intramolecular Hbond substituents is 2. The monoisotopic (exact) mass is 571 g/mol. The van der Waals surface area contributed by atoms with E-state index in [4.69, 9.17) is 9.47 Å². The van der Waals surface area contributed by atoms with Crippen LogP contribution in [-0.2, 0) is 9.47 Å². The van der Waals surface area contributed by atoms with Crippen LogP contribution in [0.4, 0.5) is 11.5 Å². The van der Waals surface area contributed by atoms with E-state index in [0.29, 0.717) is 11.6 Å². The van der Waals surface area contributed by atoms with Crippen LogP contribution in [0.3, 0.4) is 0 Å². The second-order valence-corrected chi connectivity index (χ2v) is 8.84. The van der Waals surface area contributed by atoms with E-state index in [9.17, 15) is 44.9 Å². The van der Waals surface area contributed by atoms with E-state index in [1.165, 1.54) is 0 Å². The molecule has 0 radical (unpaired) electrons. The topological polar surface area (TPSA) is 236 Å². The number of anilines is 1. The fraction of sp³-hybridized carbons (Fsp3) is 0.280. The molecule has 1 saturated heterocycles. The van der Waals surface area contributed by atoms with Crippen molar-refractivity contribution in [2.24, 2.45) is 0 Å². The van der Waals surface area contributed by atoms with Gasteiger partial charge in [0.2, 0.25) is 0 Å². The number of amides is 2. The Morgan fingerprint density at radius 2 is 1.83 bits per heavy atom. The van der Waals surface area contributed by atoms with Crippen molar-refractivity contribution in [3.8, 4) is 11.5 Å². The van der Waals surface area contributed by atoms with Crippen molar-refractivity contribution in [2.45, 2.75) is 24.5 Å². The number of nitrogens with one attached hydrogen (secondary N) is 2. The number of hydrogen-bond donors (Lipinski definition) is 6. The van der Waals surface area contributed by atoms with Gasteiger partial charge in [-0.25, -0.2) is 4.98 Å². The smallest absolute Gasteiger partial charge is 0.274 e. The minimum absolute atomic E-state index is 0.0243. The Bertz CT molecular complexity index is 1500. The van der Waals surface area contributed by atoms with Crippen LogP contribution in [0.15, 0.2) is 59.7 Å². The SMILES string of the molecule is O=C(Nc1cc(=O)n([C@@H]2O[C@H](COCCNC(=O)c3cc([N+](=O)[O-])cc(O)c3O)[C@@H](O)[C@H]2O)cn1)c1ccccc1. The Kier molecular flexibility index (Phi) is 8.88. The largest absolute Gasteiger partial charge is 0.504 e. The Hall–Kier alpha value is -4.90. The van der Waals surface area contributed by atoms with Crippen LogP contribution in [0.1, 0.15) is 26.9 Å². The van der Waals surface area contributed by atoms with Crippen molar-refractivity contribution >= 4 is 23.3 Å². The first kappa shape index (κ1) is 29.1. The van der Waals surface area contributed by atoms with E-state index in [2.05, 4.69) is 15.6 Å². The summed E-state index contributed by atoms with van der Waals surface area (Å²) in [5, 5.41) is 56.0. The molecule has 3 aromatic rings. The second kappa shape index (κ2) is 12.5. The highest BCUT2D eigenvalue weighted by atomic mass is 16.6. The maximum Gasteiger partial charge on any atom is 0.274 e. The van der Waals surface area contributed by atoms with Crippen LogP contribution in [0.25, 0.3) is 0 Å². The summed E-state index contributed by atoms with van der Waals surface area (Å²) >= 11 is 0. The molecule has 1 aromatic heterocycles. The molecule has 2 heterocycles.